The average Bonchev–Trinajstić information content (AvgIpc) is 2.54. The first kappa shape index (κ1) is 16.6. The van der Waals surface area contributed by atoms with Crippen LogP contribution in [0.5, 0.6) is 0 Å². The number of nitrogens with one attached hydrogen (secondary N) is 1. The highest BCUT2D eigenvalue weighted by Crippen LogP contribution is 2.15. The number of carbonyl (C=O) groups is 1. The van der Waals surface area contributed by atoms with Crippen molar-refractivity contribution in [1.29, 1.82) is 0 Å². The number of amides is 1. The van der Waals surface area contributed by atoms with E-state index in [-0.39, 0.29) is 5.56 Å². The van der Waals surface area contributed by atoms with Gasteiger partial charge < -0.3 is 10.1 Å². The molecule has 0 bridgehead atoms. The highest BCUT2D eigenvalue weighted by molar-refractivity contribution is 9.10. The van der Waals surface area contributed by atoms with Gasteiger partial charge in [-0.15, -0.1) is 0 Å². The number of benzene rings is 2. The fourth-order valence-corrected chi connectivity index (χ4v) is 2.28. The third-order valence-corrected chi connectivity index (χ3v) is 3.62. The summed E-state index contributed by atoms with van der Waals surface area (Å²) in [6, 6.07) is 12.0. The molecular formula is C17H17BrFNO2. The lowest BCUT2D eigenvalue weighted by atomic mass is 10.1. The molecule has 0 aliphatic carbocycles. The van der Waals surface area contributed by atoms with Crippen molar-refractivity contribution < 1.29 is 13.9 Å². The second-order valence-electron chi connectivity index (χ2n) is 4.76. The predicted molar refractivity (Wildman–Crippen MR) is 87.0 cm³/mol. The van der Waals surface area contributed by atoms with E-state index >= 15 is 0 Å². The number of ether oxygens (including phenoxy) is 1. The maximum atomic E-state index is 13.6. The molecule has 0 saturated heterocycles. The largest absolute Gasteiger partial charge is 0.377 e. The van der Waals surface area contributed by atoms with Gasteiger partial charge in [-0.25, -0.2) is 4.39 Å². The molecule has 0 unspecified atom stereocenters. The summed E-state index contributed by atoms with van der Waals surface area (Å²) in [5, 5.41) is 2.71. The Morgan fingerprint density at radius 3 is 2.55 bits per heavy atom. The van der Waals surface area contributed by atoms with Crippen LogP contribution in [-0.2, 0) is 17.9 Å². The summed E-state index contributed by atoms with van der Waals surface area (Å²) in [6.07, 6.45) is 0. The molecule has 2 aromatic carbocycles. The number of halogens is 2. The molecule has 5 heteroatoms. The van der Waals surface area contributed by atoms with Gasteiger partial charge in [-0.1, -0.05) is 40.2 Å². The van der Waals surface area contributed by atoms with Gasteiger partial charge in [-0.05, 0) is 36.2 Å². The molecule has 0 fully saturated rings. The molecule has 22 heavy (non-hydrogen) atoms. The fraction of sp³-hybridized carbons (Fsp3) is 0.235. The number of carbonyl (C=O) groups excluding carboxylic acids is 1. The number of rotatable bonds is 6. The minimum atomic E-state index is -0.534. The van der Waals surface area contributed by atoms with Crippen molar-refractivity contribution >= 4 is 21.8 Å². The number of hydrogen-bond donors (Lipinski definition) is 1. The summed E-state index contributed by atoms with van der Waals surface area (Å²) in [5.74, 6) is -0.968. The molecule has 0 heterocycles. The number of hydrogen-bond acceptors (Lipinski definition) is 2. The van der Waals surface area contributed by atoms with Crippen molar-refractivity contribution in [1.82, 2.24) is 5.32 Å². The Labute approximate surface area is 137 Å². The summed E-state index contributed by atoms with van der Waals surface area (Å²) in [4.78, 5) is 12.0. The van der Waals surface area contributed by atoms with E-state index in [1.165, 1.54) is 12.1 Å². The zero-order valence-corrected chi connectivity index (χ0v) is 13.8. The van der Waals surface area contributed by atoms with E-state index in [1.807, 2.05) is 31.2 Å². The molecule has 0 atom stereocenters. The highest BCUT2D eigenvalue weighted by Gasteiger charge is 2.11. The van der Waals surface area contributed by atoms with Gasteiger partial charge in [0.05, 0.1) is 12.2 Å². The molecule has 0 spiro atoms. The van der Waals surface area contributed by atoms with Crippen molar-refractivity contribution in [3.05, 3.63) is 69.4 Å². The quantitative estimate of drug-likeness (QED) is 0.838. The van der Waals surface area contributed by atoms with Gasteiger partial charge in [0.2, 0.25) is 0 Å². The second-order valence-corrected chi connectivity index (χ2v) is 5.68. The molecule has 0 radical (unpaired) electrons. The summed E-state index contributed by atoms with van der Waals surface area (Å²) >= 11 is 3.23. The molecule has 0 aliphatic rings. The van der Waals surface area contributed by atoms with Crippen LogP contribution in [0.3, 0.4) is 0 Å². The molecule has 0 saturated carbocycles. The van der Waals surface area contributed by atoms with Gasteiger partial charge in [0, 0.05) is 17.6 Å². The molecule has 0 aliphatic heterocycles. The van der Waals surface area contributed by atoms with Gasteiger partial charge in [0.1, 0.15) is 5.82 Å². The topological polar surface area (TPSA) is 38.3 Å². The molecule has 3 nitrogen and oxygen atoms in total. The maximum Gasteiger partial charge on any atom is 0.254 e. The Morgan fingerprint density at radius 2 is 1.86 bits per heavy atom. The van der Waals surface area contributed by atoms with Gasteiger partial charge in [0.25, 0.3) is 5.91 Å². The van der Waals surface area contributed by atoms with Crippen LogP contribution < -0.4 is 5.32 Å². The summed E-state index contributed by atoms with van der Waals surface area (Å²) in [6.45, 7) is 3.55. The van der Waals surface area contributed by atoms with Gasteiger partial charge in [-0.3, -0.25) is 4.79 Å². The second kappa shape index (κ2) is 8.06. The average molecular weight is 366 g/mol. The summed E-state index contributed by atoms with van der Waals surface area (Å²) in [5.41, 5.74) is 2.06. The van der Waals surface area contributed by atoms with E-state index in [0.29, 0.717) is 24.2 Å². The van der Waals surface area contributed by atoms with Crippen LogP contribution in [0.15, 0.2) is 46.9 Å². The van der Waals surface area contributed by atoms with E-state index in [9.17, 15) is 9.18 Å². The van der Waals surface area contributed by atoms with E-state index in [4.69, 9.17) is 4.74 Å². The van der Waals surface area contributed by atoms with Crippen molar-refractivity contribution in [2.45, 2.75) is 20.1 Å². The Kier molecular flexibility index (Phi) is 6.10. The van der Waals surface area contributed by atoms with Crippen LogP contribution in [0.1, 0.15) is 28.4 Å². The van der Waals surface area contributed by atoms with Crippen molar-refractivity contribution in [3.8, 4) is 0 Å². The standard InChI is InChI=1S/C17H17BrFNO2/c1-2-22-11-13-5-3-12(4-6-13)10-20-17(21)15-9-14(18)7-8-16(15)19/h3-9H,2,10-11H2,1H3,(H,20,21). The van der Waals surface area contributed by atoms with E-state index < -0.39 is 11.7 Å². The highest BCUT2D eigenvalue weighted by atomic mass is 79.9. The van der Waals surface area contributed by atoms with Crippen LogP contribution in [0.2, 0.25) is 0 Å². The van der Waals surface area contributed by atoms with Crippen LogP contribution in [-0.4, -0.2) is 12.5 Å². The summed E-state index contributed by atoms with van der Waals surface area (Å²) < 4.78 is 19.6. The zero-order chi connectivity index (χ0) is 15.9. The summed E-state index contributed by atoms with van der Waals surface area (Å²) in [7, 11) is 0. The fourth-order valence-electron chi connectivity index (χ4n) is 1.92. The minimum absolute atomic E-state index is 0.0299. The third kappa shape index (κ3) is 4.64. The Balaban J connectivity index is 1.94. The lowest BCUT2D eigenvalue weighted by Crippen LogP contribution is -2.23. The lowest BCUT2D eigenvalue weighted by Gasteiger charge is -2.08. The monoisotopic (exact) mass is 365 g/mol. The molecular weight excluding hydrogens is 349 g/mol. The van der Waals surface area contributed by atoms with Gasteiger partial charge >= 0.3 is 0 Å². The van der Waals surface area contributed by atoms with Crippen molar-refractivity contribution in [2.75, 3.05) is 6.61 Å². The van der Waals surface area contributed by atoms with Crippen LogP contribution >= 0.6 is 15.9 Å². The van der Waals surface area contributed by atoms with Crippen LogP contribution in [0.4, 0.5) is 4.39 Å². The minimum Gasteiger partial charge on any atom is -0.377 e. The predicted octanol–water partition coefficient (Wildman–Crippen LogP) is 4.05. The SMILES string of the molecule is CCOCc1ccc(CNC(=O)c2cc(Br)ccc2F)cc1. The molecule has 2 rings (SSSR count). The Bertz CT molecular complexity index is 644. The molecule has 116 valence electrons. The first-order valence-corrected chi connectivity index (χ1v) is 7.78. The maximum absolute atomic E-state index is 13.6. The lowest BCUT2D eigenvalue weighted by molar-refractivity contribution is 0.0946. The van der Waals surface area contributed by atoms with Crippen molar-refractivity contribution in [2.24, 2.45) is 0 Å². The molecule has 1 amide bonds. The van der Waals surface area contributed by atoms with Crippen molar-refractivity contribution in [3.63, 3.8) is 0 Å². The van der Waals surface area contributed by atoms with Crippen LogP contribution in [0.25, 0.3) is 0 Å². The third-order valence-electron chi connectivity index (χ3n) is 3.12. The Hall–Kier alpha value is -1.72. The Morgan fingerprint density at radius 1 is 1.18 bits per heavy atom. The molecule has 1 N–H and O–H groups in total. The van der Waals surface area contributed by atoms with E-state index in [1.54, 1.807) is 6.07 Å². The molecule has 0 aromatic heterocycles. The zero-order valence-electron chi connectivity index (χ0n) is 12.2. The van der Waals surface area contributed by atoms with E-state index in [2.05, 4.69) is 21.2 Å². The van der Waals surface area contributed by atoms with Crippen LogP contribution in [0, 0.1) is 5.82 Å². The smallest absolute Gasteiger partial charge is 0.254 e. The van der Waals surface area contributed by atoms with Gasteiger partial charge in [0.15, 0.2) is 0 Å². The first-order chi connectivity index (χ1) is 10.6. The normalized spacial score (nSPS) is 10.5. The van der Waals surface area contributed by atoms with E-state index in [0.717, 1.165) is 11.1 Å². The van der Waals surface area contributed by atoms with Gasteiger partial charge in [-0.2, -0.15) is 0 Å². The molecule has 2 aromatic rings. The first-order valence-electron chi connectivity index (χ1n) is 6.99.